The smallest absolute Gasteiger partial charge is 0.273 e. The fraction of sp³-hybridized carbons (Fsp3) is 0.571. The SMILES string of the molecule is CC(C)[C@@H](Cn1cncn1)NC(=O)c1cc(C2CC2)on1. The normalized spacial score (nSPS) is 16.1. The fourth-order valence-electron chi connectivity index (χ4n) is 2.15. The number of hydrogen-bond acceptors (Lipinski definition) is 5. The summed E-state index contributed by atoms with van der Waals surface area (Å²) < 4.78 is 6.93. The van der Waals surface area contributed by atoms with Gasteiger partial charge in [-0.2, -0.15) is 5.10 Å². The molecule has 0 aliphatic heterocycles. The predicted octanol–water partition coefficient (Wildman–Crippen LogP) is 1.60. The van der Waals surface area contributed by atoms with Gasteiger partial charge in [-0.1, -0.05) is 19.0 Å². The number of carbonyl (C=O) groups excluding carboxylic acids is 1. The second-order valence-corrected chi connectivity index (χ2v) is 5.83. The van der Waals surface area contributed by atoms with Gasteiger partial charge in [-0.25, -0.2) is 4.98 Å². The average Bonchev–Trinajstić information content (AvgIpc) is 2.99. The van der Waals surface area contributed by atoms with Crippen molar-refractivity contribution in [1.82, 2.24) is 25.2 Å². The average molecular weight is 289 g/mol. The van der Waals surface area contributed by atoms with Crippen molar-refractivity contribution < 1.29 is 9.32 Å². The number of carbonyl (C=O) groups is 1. The molecule has 0 unspecified atom stereocenters. The molecule has 2 heterocycles. The summed E-state index contributed by atoms with van der Waals surface area (Å²) >= 11 is 0. The predicted molar refractivity (Wildman–Crippen MR) is 74.6 cm³/mol. The number of aromatic nitrogens is 4. The largest absolute Gasteiger partial charge is 0.360 e. The molecule has 21 heavy (non-hydrogen) atoms. The molecule has 1 aliphatic carbocycles. The van der Waals surface area contributed by atoms with E-state index in [2.05, 4.69) is 34.4 Å². The maximum absolute atomic E-state index is 12.3. The van der Waals surface area contributed by atoms with E-state index in [1.54, 1.807) is 17.1 Å². The fourth-order valence-corrected chi connectivity index (χ4v) is 2.15. The van der Waals surface area contributed by atoms with Crippen LogP contribution in [0, 0.1) is 5.92 Å². The highest BCUT2D eigenvalue weighted by Gasteiger charge is 2.29. The van der Waals surface area contributed by atoms with Crippen molar-refractivity contribution >= 4 is 5.91 Å². The van der Waals surface area contributed by atoms with Gasteiger partial charge < -0.3 is 9.84 Å². The number of nitrogens with one attached hydrogen (secondary N) is 1. The van der Waals surface area contributed by atoms with Crippen LogP contribution in [0.4, 0.5) is 0 Å². The molecular formula is C14H19N5O2. The Morgan fingerprint density at radius 2 is 2.33 bits per heavy atom. The lowest BCUT2D eigenvalue weighted by atomic mass is 10.0. The first-order valence-corrected chi connectivity index (χ1v) is 7.23. The molecular weight excluding hydrogens is 270 g/mol. The molecule has 0 spiro atoms. The lowest BCUT2D eigenvalue weighted by Gasteiger charge is -2.21. The highest BCUT2D eigenvalue weighted by Crippen LogP contribution is 2.40. The Hall–Kier alpha value is -2.18. The third-order valence-corrected chi connectivity index (χ3v) is 3.71. The number of amides is 1. The zero-order valence-corrected chi connectivity index (χ0v) is 12.2. The summed E-state index contributed by atoms with van der Waals surface area (Å²) in [6.07, 6.45) is 5.37. The molecule has 1 amide bonds. The molecule has 2 aromatic heterocycles. The van der Waals surface area contributed by atoms with Gasteiger partial charge in [0.2, 0.25) is 0 Å². The zero-order valence-electron chi connectivity index (χ0n) is 12.2. The van der Waals surface area contributed by atoms with Gasteiger partial charge in [-0.3, -0.25) is 9.48 Å². The molecule has 1 N–H and O–H groups in total. The van der Waals surface area contributed by atoms with Crippen molar-refractivity contribution in [1.29, 1.82) is 0 Å². The van der Waals surface area contributed by atoms with Crippen LogP contribution in [0.2, 0.25) is 0 Å². The van der Waals surface area contributed by atoms with Gasteiger partial charge in [-0.05, 0) is 18.8 Å². The van der Waals surface area contributed by atoms with Crippen LogP contribution >= 0.6 is 0 Å². The van der Waals surface area contributed by atoms with Crippen LogP contribution in [0.1, 0.15) is 48.9 Å². The van der Waals surface area contributed by atoms with Crippen molar-refractivity contribution in [2.24, 2.45) is 5.92 Å². The van der Waals surface area contributed by atoms with Crippen LogP contribution in [-0.4, -0.2) is 31.9 Å². The van der Waals surface area contributed by atoms with Crippen molar-refractivity contribution in [3.8, 4) is 0 Å². The third-order valence-electron chi connectivity index (χ3n) is 3.71. The van der Waals surface area contributed by atoms with Gasteiger partial charge >= 0.3 is 0 Å². The molecule has 2 aromatic rings. The van der Waals surface area contributed by atoms with Crippen molar-refractivity contribution in [2.45, 2.75) is 45.2 Å². The maximum atomic E-state index is 12.3. The lowest BCUT2D eigenvalue weighted by molar-refractivity contribution is 0.0910. The summed E-state index contributed by atoms with van der Waals surface area (Å²) in [5.41, 5.74) is 0.348. The first-order valence-electron chi connectivity index (χ1n) is 7.23. The van der Waals surface area contributed by atoms with E-state index in [4.69, 9.17) is 4.52 Å². The molecule has 0 bridgehead atoms. The van der Waals surface area contributed by atoms with Gasteiger partial charge in [-0.15, -0.1) is 0 Å². The zero-order chi connectivity index (χ0) is 14.8. The van der Waals surface area contributed by atoms with Crippen LogP contribution in [-0.2, 0) is 6.54 Å². The van der Waals surface area contributed by atoms with Gasteiger partial charge in [0.1, 0.15) is 18.4 Å². The quantitative estimate of drug-likeness (QED) is 0.873. The minimum absolute atomic E-state index is 0.0414. The van der Waals surface area contributed by atoms with Crippen molar-refractivity contribution in [3.05, 3.63) is 30.2 Å². The first kappa shape index (κ1) is 13.8. The van der Waals surface area contributed by atoms with E-state index in [0.29, 0.717) is 18.2 Å². The molecule has 0 aromatic carbocycles. The lowest BCUT2D eigenvalue weighted by Crippen LogP contribution is -2.41. The molecule has 0 radical (unpaired) electrons. The highest BCUT2D eigenvalue weighted by molar-refractivity contribution is 5.92. The molecule has 1 atom stereocenters. The Labute approximate surface area is 122 Å². The summed E-state index contributed by atoms with van der Waals surface area (Å²) in [7, 11) is 0. The monoisotopic (exact) mass is 289 g/mol. The van der Waals surface area contributed by atoms with E-state index < -0.39 is 0 Å². The van der Waals surface area contributed by atoms with Crippen LogP contribution in [0.5, 0.6) is 0 Å². The molecule has 7 heteroatoms. The van der Waals surface area contributed by atoms with Crippen molar-refractivity contribution in [2.75, 3.05) is 0 Å². The molecule has 1 saturated carbocycles. The standard InChI is InChI=1S/C14H19N5O2/c1-9(2)12(6-19-8-15-7-16-19)17-14(20)11-5-13(21-18-11)10-3-4-10/h5,7-10,12H,3-4,6H2,1-2H3,(H,17,20)/t12-/m1/s1. The van der Waals surface area contributed by atoms with E-state index in [1.165, 1.54) is 6.33 Å². The van der Waals surface area contributed by atoms with E-state index in [9.17, 15) is 4.79 Å². The maximum Gasteiger partial charge on any atom is 0.273 e. The van der Waals surface area contributed by atoms with Crippen LogP contribution in [0.15, 0.2) is 23.2 Å². The molecule has 1 fully saturated rings. The molecule has 3 rings (SSSR count). The first-order chi connectivity index (χ1) is 10.1. The third kappa shape index (κ3) is 3.29. The van der Waals surface area contributed by atoms with E-state index in [-0.39, 0.29) is 17.9 Å². The van der Waals surface area contributed by atoms with Crippen LogP contribution in [0.25, 0.3) is 0 Å². The molecule has 0 saturated heterocycles. The molecule has 1 aliphatic rings. The number of nitrogens with zero attached hydrogens (tertiary/aromatic N) is 4. The summed E-state index contributed by atoms with van der Waals surface area (Å²) in [6, 6.07) is 1.71. The minimum atomic E-state index is -0.204. The topological polar surface area (TPSA) is 85.8 Å². The van der Waals surface area contributed by atoms with Crippen LogP contribution < -0.4 is 5.32 Å². The number of rotatable bonds is 6. The van der Waals surface area contributed by atoms with Gasteiger partial charge in [0, 0.05) is 12.0 Å². The van der Waals surface area contributed by atoms with Gasteiger partial charge in [0.05, 0.1) is 12.6 Å². The summed E-state index contributed by atoms with van der Waals surface area (Å²) in [5.74, 6) is 1.34. The van der Waals surface area contributed by atoms with E-state index in [0.717, 1.165) is 18.6 Å². The Balaban J connectivity index is 1.64. The highest BCUT2D eigenvalue weighted by atomic mass is 16.5. The summed E-state index contributed by atoms with van der Waals surface area (Å²) in [4.78, 5) is 16.2. The molecule has 112 valence electrons. The van der Waals surface area contributed by atoms with E-state index >= 15 is 0 Å². The molecule has 7 nitrogen and oxygen atoms in total. The Morgan fingerprint density at radius 3 is 2.95 bits per heavy atom. The Morgan fingerprint density at radius 1 is 1.52 bits per heavy atom. The van der Waals surface area contributed by atoms with Crippen LogP contribution in [0.3, 0.4) is 0 Å². The number of hydrogen-bond donors (Lipinski definition) is 1. The second kappa shape index (κ2) is 5.67. The Bertz CT molecular complexity index is 601. The Kier molecular flexibility index (Phi) is 3.72. The van der Waals surface area contributed by atoms with Gasteiger partial charge in [0.15, 0.2) is 5.69 Å². The van der Waals surface area contributed by atoms with Crippen molar-refractivity contribution in [3.63, 3.8) is 0 Å². The van der Waals surface area contributed by atoms with Gasteiger partial charge in [0.25, 0.3) is 5.91 Å². The second-order valence-electron chi connectivity index (χ2n) is 5.83. The summed E-state index contributed by atoms with van der Waals surface area (Å²) in [6.45, 7) is 4.69. The van der Waals surface area contributed by atoms with E-state index in [1.807, 2.05) is 0 Å². The summed E-state index contributed by atoms with van der Waals surface area (Å²) in [5, 5.41) is 10.9. The minimum Gasteiger partial charge on any atom is -0.360 e.